The van der Waals surface area contributed by atoms with Gasteiger partial charge in [-0.15, -0.1) is 0 Å². The minimum atomic E-state index is -4.75. The van der Waals surface area contributed by atoms with Gasteiger partial charge in [0.2, 0.25) is 10.0 Å². The minimum absolute atomic E-state index is 0.0627. The number of ether oxygens (including phenoxy) is 2. The summed E-state index contributed by atoms with van der Waals surface area (Å²) in [5.41, 5.74) is -0.267. The zero-order valence-electron chi connectivity index (χ0n) is 21.5. The summed E-state index contributed by atoms with van der Waals surface area (Å²) in [7, 11) is -10.5. The van der Waals surface area contributed by atoms with Gasteiger partial charge < -0.3 is 9.47 Å². The van der Waals surface area contributed by atoms with Gasteiger partial charge in [0.25, 0.3) is 20.0 Å². The molecule has 216 valence electrons. The number of sulfonamides is 3. The molecule has 0 bridgehead atoms. The van der Waals surface area contributed by atoms with Crippen LogP contribution in [-0.2, 0) is 30.1 Å². The molecule has 0 N–H and O–H groups in total. The molecule has 40 heavy (non-hydrogen) atoms. The molecule has 0 saturated carbocycles. The van der Waals surface area contributed by atoms with E-state index in [2.05, 4.69) is 31.9 Å². The molecule has 0 spiro atoms. The van der Waals surface area contributed by atoms with Crippen molar-refractivity contribution in [1.82, 2.24) is 4.31 Å². The highest BCUT2D eigenvalue weighted by atomic mass is 79.9. The minimum Gasteiger partial charge on any atom is -0.496 e. The first-order chi connectivity index (χ1) is 18.8. The van der Waals surface area contributed by atoms with E-state index in [1.165, 1.54) is 79.2 Å². The monoisotopic (exact) mass is 736 g/mol. The molecular weight excluding hydrogens is 712 g/mol. The van der Waals surface area contributed by atoms with Gasteiger partial charge in [-0.25, -0.2) is 25.3 Å². The predicted molar refractivity (Wildman–Crippen MR) is 157 cm³/mol. The van der Waals surface area contributed by atoms with Crippen LogP contribution in [0.25, 0.3) is 0 Å². The van der Waals surface area contributed by atoms with Gasteiger partial charge in [0.15, 0.2) is 0 Å². The van der Waals surface area contributed by atoms with E-state index in [9.17, 15) is 25.3 Å². The Labute approximate surface area is 251 Å². The van der Waals surface area contributed by atoms with E-state index in [1.807, 2.05) is 0 Å². The molecule has 0 aromatic heterocycles. The first-order valence-electron chi connectivity index (χ1n) is 11.9. The molecule has 1 heterocycles. The maximum Gasteiger partial charge on any atom is 0.277 e. The zero-order chi connectivity index (χ0) is 29.3. The van der Waals surface area contributed by atoms with Gasteiger partial charge in [0, 0.05) is 13.1 Å². The van der Waals surface area contributed by atoms with Crippen molar-refractivity contribution >= 4 is 67.6 Å². The van der Waals surface area contributed by atoms with Crippen LogP contribution < -0.4 is 13.2 Å². The molecule has 3 aromatic carbocycles. The van der Waals surface area contributed by atoms with Gasteiger partial charge in [-0.1, -0.05) is 6.42 Å². The van der Waals surface area contributed by atoms with E-state index in [-0.39, 0.29) is 20.4 Å². The molecule has 0 aliphatic carbocycles. The van der Waals surface area contributed by atoms with Crippen molar-refractivity contribution < 1.29 is 34.7 Å². The summed E-state index contributed by atoms with van der Waals surface area (Å²) >= 11 is 6.49. The number of anilines is 1. The lowest BCUT2D eigenvalue weighted by atomic mass is 10.2. The van der Waals surface area contributed by atoms with Crippen molar-refractivity contribution in [3.8, 4) is 11.5 Å². The second-order valence-electron chi connectivity index (χ2n) is 8.76. The quantitative estimate of drug-likeness (QED) is 0.301. The lowest BCUT2D eigenvalue weighted by Gasteiger charge is -2.27. The van der Waals surface area contributed by atoms with Crippen LogP contribution in [0, 0.1) is 0 Å². The van der Waals surface area contributed by atoms with Crippen LogP contribution in [0.4, 0.5) is 5.69 Å². The van der Waals surface area contributed by atoms with Crippen LogP contribution in [0.5, 0.6) is 11.5 Å². The van der Waals surface area contributed by atoms with Crippen molar-refractivity contribution in [2.24, 2.45) is 0 Å². The number of benzene rings is 3. The van der Waals surface area contributed by atoms with Crippen molar-refractivity contribution in [1.29, 1.82) is 0 Å². The van der Waals surface area contributed by atoms with Gasteiger partial charge in [-0.3, -0.25) is 0 Å². The largest absolute Gasteiger partial charge is 0.496 e. The van der Waals surface area contributed by atoms with Gasteiger partial charge in [0.05, 0.1) is 43.5 Å². The zero-order valence-corrected chi connectivity index (χ0v) is 27.1. The van der Waals surface area contributed by atoms with Crippen LogP contribution in [0.3, 0.4) is 0 Å². The number of hydrogen-bond acceptors (Lipinski definition) is 8. The standard InChI is InChI=1S/C25H26Br2N2O8S3/c1-36-24-12-10-20(16-22(24)26)39(32,33)29(40(34,35)21-11-13-25(37-2)23(27)17-21)18-6-8-19(9-7-18)38(30,31)28-14-4-3-5-15-28/h6-13,16-17H,3-5,14-15H2,1-2H3. The van der Waals surface area contributed by atoms with Gasteiger partial charge in [-0.05, 0) is 105 Å². The summed E-state index contributed by atoms with van der Waals surface area (Å²) in [4.78, 5) is -0.727. The third kappa shape index (κ3) is 5.90. The summed E-state index contributed by atoms with van der Waals surface area (Å²) in [5, 5.41) is 0. The number of piperidine rings is 1. The smallest absolute Gasteiger partial charge is 0.277 e. The van der Waals surface area contributed by atoms with Crippen molar-refractivity contribution in [3.63, 3.8) is 0 Å². The maximum atomic E-state index is 14.0. The molecule has 0 atom stereocenters. The van der Waals surface area contributed by atoms with E-state index < -0.39 is 30.1 Å². The molecule has 4 rings (SSSR count). The number of rotatable bonds is 9. The van der Waals surface area contributed by atoms with E-state index in [0.717, 1.165) is 19.3 Å². The molecule has 1 fully saturated rings. The fourth-order valence-corrected chi connectivity index (χ4v) is 10.9. The van der Waals surface area contributed by atoms with Crippen LogP contribution in [0.15, 0.2) is 84.3 Å². The van der Waals surface area contributed by atoms with Crippen LogP contribution in [-0.4, -0.2) is 56.9 Å². The van der Waals surface area contributed by atoms with Crippen molar-refractivity contribution in [3.05, 3.63) is 69.6 Å². The van der Waals surface area contributed by atoms with Gasteiger partial charge in [0.1, 0.15) is 11.5 Å². The first-order valence-corrected chi connectivity index (χ1v) is 17.8. The highest BCUT2D eigenvalue weighted by Gasteiger charge is 2.38. The molecule has 0 amide bonds. The molecule has 10 nitrogen and oxygen atoms in total. The lowest BCUT2D eigenvalue weighted by molar-refractivity contribution is 0.346. The Morgan fingerprint density at radius 2 is 1.07 bits per heavy atom. The Balaban J connectivity index is 1.87. The van der Waals surface area contributed by atoms with Crippen molar-refractivity contribution in [2.75, 3.05) is 31.0 Å². The number of nitrogens with zero attached hydrogens (tertiary/aromatic N) is 2. The fourth-order valence-electron chi connectivity index (χ4n) is 4.21. The predicted octanol–water partition coefficient (Wildman–Crippen LogP) is 4.99. The third-order valence-corrected chi connectivity index (χ3v) is 13.6. The number of methoxy groups -OCH3 is 2. The van der Waals surface area contributed by atoms with Crippen LogP contribution in [0.1, 0.15) is 19.3 Å². The van der Waals surface area contributed by atoms with Gasteiger partial charge >= 0.3 is 0 Å². The summed E-state index contributed by atoms with van der Waals surface area (Å²) in [6.45, 7) is 0.773. The summed E-state index contributed by atoms with van der Waals surface area (Å²) < 4.78 is 94.7. The van der Waals surface area contributed by atoms with Crippen LogP contribution >= 0.6 is 31.9 Å². The average molecular weight is 738 g/mol. The van der Waals surface area contributed by atoms with Crippen LogP contribution in [0.2, 0.25) is 0 Å². The highest BCUT2D eigenvalue weighted by Crippen LogP contribution is 2.36. The molecule has 1 aliphatic rings. The molecule has 0 radical (unpaired) electrons. The summed E-state index contributed by atoms with van der Waals surface area (Å²) in [5.74, 6) is 0.694. The number of hydrogen-bond donors (Lipinski definition) is 0. The Bertz CT molecular complexity index is 1640. The second kappa shape index (κ2) is 12.0. The van der Waals surface area contributed by atoms with Crippen molar-refractivity contribution in [2.45, 2.75) is 33.9 Å². The SMILES string of the molecule is COc1ccc(S(=O)(=O)N(c2ccc(S(=O)(=O)N3CCCCC3)cc2)S(=O)(=O)c2ccc(OC)c(Br)c2)cc1Br. The molecule has 0 unspecified atom stereocenters. The average Bonchev–Trinajstić information content (AvgIpc) is 2.93. The normalized spacial score (nSPS) is 15.0. The summed E-state index contributed by atoms with van der Waals surface area (Å²) in [6, 6.07) is 12.5. The topological polar surface area (TPSA) is 127 Å². The summed E-state index contributed by atoms with van der Waals surface area (Å²) in [6.07, 6.45) is 2.44. The maximum absolute atomic E-state index is 14.0. The van der Waals surface area contributed by atoms with E-state index >= 15 is 0 Å². The second-order valence-corrected chi connectivity index (χ2v) is 16.2. The molecular formula is C25H26Br2N2O8S3. The Kier molecular flexibility index (Phi) is 9.22. The Morgan fingerprint density at radius 3 is 1.48 bits per heavy atom. The molecule has 1 saturated heterocycles. The Morgan fingerprint density at radius 1 is 0.650 bits per heavy atom. The van der Waals surface area contributed by atoms with Gasteiger partial charge in [-0.2, -0.15) is 8.02 Å². The third-order valence-electron chi connectivity index (χ3n) is 6.28. The van der Waals surface area contributed by atoms with E-state index in [1.54, 1.807) is 0 Å². The van der Waals surface area contributed by atoms with E-state index in [4.69, 9.17) is 9.47 Å². The number of halogens is 2. The van der Waals surface area contributed by atoms with E-state index in [0.29, 0.717) is 37.2 Å². The Hall–Kier alpha value is -2.17. The lowest BCUT2D eigenvalue weighted by Crippen LogP contribution is -2.37. The fraction of sp³-hybridized carbons (Fsp3) is 0.280. The molecule has 1 aliphatic heterocycles. The molecule has 3 aromatic rings. The first kappa shape index (κ1) is 30.8. The highest BCUT2D eigenvalue weighted by molar-refractivity contribution is 9.11. The molecule has 15 heteroatoms.